The fraction of sp³-hybridized carbons (Fsp3) is 0.842. The minimum absolute atomic E-state index is 0.0536. The van der Waals surface area contributed by atoms with Gasteiger partial charge in [0.1, 0.15) is 6.61 Å². The molecule has 0 rings (SSSR count). The van der Waals surface area contributed by atoms with Gasteiger partial charge in [0.25, 0.3) is 0 Å². The Morgan fingerprint density at radius 3 is 2.15 bits per heavy atom. The lowest BCUT2D eigenvalue weighted by Crippen LogP contribution is -2.46. The standard InChI is InChI=1S/C19H37N3O5/c1-6-7-8-16(21-18(25)20-10-9-17(23)24)13-27-19(26)22(11-14(2)3)12-15(4)5/h14-16H,6-13H2,1-5H3,(H,23,24)(H2,20,21,25). The summed E-state index contributed by atoms with van der Waals surface area (Å²) in [5.74, 6) is -0.294. The van der Waals surface area contributed by atoms with Gasteiger partial charge in [-0.2, -0.15) is 0 Å². The largest absolute Gasteiger partial charge is 0.481 e. The molecule has 158 valence electrons. The summed E-state index contributed by atoms with van der Waals surface area (Å²) in [5.41, 5.74) is 0. The van der Waals surface area contributed by atoms with Crippen LogP contribution >= 0.6 is 0 Å². The topological polar surface area (TPSA) is 108 Å². The van der Waals surface area contributed by atoms with Gasteiger partial charge >= 0.3 is 18.1 Å². The quantitative estimate of drug-likeness (QED) is 0.450. The molecule has 0 aliphatic rings. The van der Waals surface area contributed by atoms with E-state index in [1.165, 1.54) is 0 Å². The molecule has 0 fully saturated rings. The first-order valence-electron chi connectivity index (χ1n) is 9.83. The number of ether oxygens (including phenoxy) is 1. The Kier molecular flexibility index (Phi) is 13.1. The molecule has 0 aliphatic heterocycles. The number of amides is 3. The molecule has 3 N–H and O–H groups in total. The van der Waals surface area contributed by atoms with Crippen LogP contribution in [0.1, 0.15) is 60.3 Å². The van der Waals surface area contributed by atoms with Gasteiger partial charge in [0.2, 0.25) is 0 Å². The maximum Gasteiger partial charge on any atom is 0.409 e. The highest BCUT2D eigenvalue weighted by atomic mass is 16.6. The number of unbranched alkanes of at least 4 members (excludes halogenated alkanes) is 1. The maximum absolute atomic E-state index is 12.4. The highest BCUT2D eigenvalue weighted by molar-refractivity contribution is 5.75. The molecule has 1 atom stereocenters. The van der Waals surface area contributed by atoms with Crippen LogP contribution in [0.25, 0.3) is 0 Å². The van der Waals surface area contributed by atoms with Gasteiger partial charge in [-0.3, -0.25) is 4.79 Å². The number of nitrogens with one attached hydrogen (secondary N) is 2. The van der Waals surface area contributed by atoms with E-state index in [2.05, 4.69) is 10.6 Å². The van der Waals surface area contributed by atoms with Gasteiger partial charge in [0.15, 0.2) is 0 Å². The van der Waals surface area contributed by atoms with Gasteiger partial charge in [-0.05, 0) is 18.3 Å². The molecule has 8 nitrogen and oxygen atoms in total. The molecule has 0 saturated heterocycles. The fourth-order valence-electron chi connectivity index (χ4n) is 2.54. The van der Waals surface area contributed by atoms with Crippen LogP contribution in [0.3, 0.4) is 0 Å². The molecule has 3 amide bonds. The third-order valence-corrected chi connectivity index (χ3v) is 3.70. The SMILES string of the molecule is CCCCC(COC(=O)N(CC(C)C)CC(C)C)NC(=O)NCCC(=O)O. The number of carbonyl (C=O) groups excluding carboxylic acids is 2. The summed E-state index contributed by atoms with van der Waals surface area (Å²) in [6.07, 6.45) is 2.03. The first-order valence-corrected chi connectivity index (χ1v) is 9.83. The van der Waals surface area contributed by atoms with Crippen molar-refractivity contribution in [3.8, 4) is 0 Å². The molecule has 0 heterocycles. The van der Waals surface area contributed by atoms with Crippen molar-refractivity contribution in [1.29, 1.82) is 0 Å². The Hall–Kier alpha value is -1.99. The van der Waals surface area contributed by atoms with Crippen LogP contribution in [-0.4, -0.2) is 60.4 Å². The average Bonchev–Trinajstić information content (AvgIpc) is 2.55. The number of rotatable bonds is 13. The van der Waals surface area contributed by atoms with Gasteiger partial charge < -0.3 is 25.4 Å². The van der Waals surface area contributed by atoms with Crippen LogP contribution < -0.4 is 10.6 Å². The monoisotopic (exact) mass is 387 g/mol. The van der Waals surface area contributed by atoms with Crippen molar-refractivity contribution in [2.45, 2.75) is 66.3 Å². The van der Waals surface area contributed by atoms with Crippen LogP contribution in [-0.2, 0) is 9.53 Å². The van der Waals surface area contributed by atoms with Gasteiger partial charge in [-0.25, -0.2) is 9.59 Å². The van der Waals surface area contributed by atoms with E-state index in [0.29, 0.717) is 31.3 Å². The highest BCUT2D eigenvalue weighted by Gasteiger charge is 2.20. The van der Waals surface area contributed by atoms with Crippen molar-refractivity contribution < 1.29 is 24.2 Å². The number of urea groups is 1. The summed E-state index contributed by atoms with van der Waals surface area (Å²) >= 11 is 0. The van der Waals surface area contributed by atoms with Crippen molar-refractivity contribution >= 4 is 18.1 Å². The van der Waals surface area contributed by atoms with E-state index in [-0.39, 0.29) is 31.7 Å². The zero-order chi connectivity index (χ0) is 20.8. The second kappa shape index (κ2) is 14.1. The molecule has 0 spiro atoms. The second-order valence-corrected chi connectivity index (χ2v) is 7.65. The molecule has 0 radical (unpaired) electrons. The molecule has 0 aromatic carbocycles. The number of carbonyl (C=O) groups is 3. The summed E-state index contributed by atoms with van der Waals surface area (Å²) in [7, 11) is 0. The van der Waals surface area contributed by atoms with E-state index in [1.807, 2.05) is 34.6 Å². The van der Waals surface area contributed by atoms with E-state index in [9.17, 15) is 14.4 Å². The number of nitrogens with zero attached hydrogens (tertiary/aromatic N) is 1. The first kappa shape index (κ1) is 25.0. The van der Waals surface area contributed by atoms with Gasteiger partial charge in [-0.1, -0.05) is 47.5 Å². The number of hydrogen-bond acceptors (Lipinski definition) is 4. The predicted octanol–water partition coefficient (Wildman–Crippen LogP) is 3.07. The zero-order valence-electron chi connectivity index (χ0n) is 17.4. The maximum atomic E-state index is 12.4. The molecule has 0 aromatic heterocycles. The van der Waals surface area contributed by atoms with Crippen LogP contribution in [0.5, 0.6) is 0 Å². The smallest absolute Gasteiger partial charge is 0.409 e. The molecular formula is C19H37N3O5. The molecular weight excluding hydrogens is 350 g/mol. The molecule has 0 bridgehead atoms. The lowest BCUT2D eigenvalue weighted by molar-refractivity contribution is -0.136. The Balaban J connectivity index is 4.61. The van der Waals surface area contributed by atoms with Crippen molar-refractivity contribution in [1.82, 2.24) is 15.5 Å². The van der Waals surface area contributed by atoms with E-state index < -0.39 is 12.0 Å². The first-order chi connectivity index (χ1) is 12.6. The third kappa shape index (κ3) is 13.8. The predicted molar refractivity (Wildman–Crippen MR) is 105 cm³/mol. The van der Waals surface area contributed by atoms with Crippen molar-refractivity contribution in [2.24, 2.45) is 11.8 Å². The summed E-state index contributed by atoms with van der Waals surface area (Å²) in [5, 5.41) is 13.9. The van der Waals surface area contributed by atoms with Crippen LogP contribution in [0.2, 0.25) is 0 Å². The summed E-state index contributed by atoms with van der Waals surface area (Å²) in [6.45, 7) is 11.6. The van der Waals surface area contributed by atoms with E-state index in [1.54, 1.807) is 4.90 Å². The highest BCUT2D eigenvalue weighted by Crippen LogP contribution is 2.08. The van der Waals surface area contributed by atoms with Crippen LogP contribution in [0.4, 0.5) is 9.59 Å². The normalized spacial score (nSPS) is 12.0. The van der Waals surface area contributed by atoms with E-state index in [4.69, 9.17) is 9.84 Å². The lowest BCUT2D eigenvalue weighted by Gasteiger charge is -2.27. The molecule has 1 unspecified atom stereocenters. The fourth-order valence-corrected chi connectivity index (χ4v) is 2.54. The Morgan fingerprint density at radius 2 is 1.67 bits per heavy atom. The number of carboxylic acid groups (broad SMARTS) is 1. The summed E-state index contributed by atoms with van der Waals surface area (Å²) in [6, 6.07) is -0.756. The van der Waals surface area contributed by atoms with Crippen LogP contribution in [0, 0.1) is 11.8 Å². The van der Waals surface area contributed by atoms with E-state index >= 15 is 0 Å². The van der Waals surface area contributed by atoms with Gasteiger partial charge in [-0.15, -0.1) is 0 Å². The Labute approximate surface area is 163 Å². The van der Waals surface area contributed by atoms with E-state index in [0.717, 1.165) is 12.8 Å². The second-order valence-electron chi connectivity index (χ2n) is 7.65. The summed E-state index contributed by atoms with van der Waals surface area (Å²) in [4.78, 5) is 36.5. The van der Waals surface area contributed by atoms with Crippen molar-refractivity contribution in [3.63, 3.8) is 0 Å². The summed E-state index contributed by atoms with van der Waals surface area (Å²) < 4.78 is 5.46. The molecule has 0 saturated carbocycles. The van der Waals surface area contributed by atoms with Gasteiger partial charge in [0.05, 0.1) is 12.5 Å². The molecule has 0 aliphatic carbocycles. The zero-order valence-corrected chi connectivity index (χ0v) is 17.4. The van der Waals surface area contributed by atoms with Crippen LogP contribution in [0.15, 0.2) is 0 Å². The number of hydrogen-bond donors (Lipinski definition) is 3. The molecule has 8 heteroatoms. The Morgan fingerprint density at radius 1 is 1.07 bits per heavy atom. The van der Waals surface area contributed by atoms with Gasteiger partial charge in [0, 0.05) is 19.6 Å². The minimum atomic E-state index is -0.970. The van der Waals surface area contributed by atoms with Crippen molar-refractivity contribution in [3.05, 3.63) is 0 Å². The Bertz CT molecular complexity index is 445. The molecule has 0 aromatic rings. The minimum Gasteiger partial charge on any atom is -0.481 e. The number of aliphatic carboxylic acids is 1. The van der Waals surface area contributed by atoms with Crippen molar-refractivity contribution in [2.75, 3.05) is 26.2 Å². The average molecular weight is 388 g/mol. The third-order valence-electron chi connectivity index (χ3n) is 3.70. The molecule has 27 heavy (non-hydrogen) atoms. The number of carboxylic acids is 1. The lowest BCUT2D eigenvalue weighted by atomic mass is 10.1.